The maximum atomic E-state index is 12.4. The van der Waals surface area contributed by atoms with Crippen molar-refractivity contribution in [3.63, 3.8) is 0 Å². The van der Waals surface area contributed by atoms with E-state index in [1.54, 1.807) is 6.07 Å². The molecule has 1 amide bonds. The molecule has 1 fully saturated rings. The molecule has 0 spiro atoms. The molecule has 7 nitrogen and oxygen atoms in total. The van der Waals surface area contributed by atoms with Crippen LogP contribution in [-0.2, 0) is 0 Å². The molecule has 0 saturated carbocycles. The molecule has 0 N–H and O–H groups in total. The lowest BCUT2D eigenvalue weighted by Gasteiger charge is -2.21. The highest BCUT2D eigenvalue weighted by Gasteiger charge is 2.23. The summed E-state index contributed by atoms with van der Waals surface area (Å²) in [7, 11) is 0. The first kappa shape index (κ1) is 13.8. The molecule has 1 aliphatic rings. The second-order valence-electron chi connectivity index (χ2n) is 5.57. The Morgan fingerprint density at radius 1 is 1.09 bits per heavy atom. The molecule has 7 heteroatoms. The van der Waals surface area contributed by atoms with Gasteiger partial charge >= 0.3 is 0 Å². The van der Waals surface area contributed by atoms with Crippen LogP contribution in [0, 0.1) is 0 Å². The maximum Gasteiger partial charge on any atom is 0.257 e. The molecule has 23 heavy (non-hydrogen) atoms. The Balaban J connectivity index is 1.52. The van der Waals surface area contributed by atoms with Gasteiger partial charge in [-0.05, 0) is 24.6 Å². The summed E-state index contributed by atoms with van der Waals surface area (Å²) in [4.78, 5) is 16.5. The van der Waals surface area contributed by atoms with Gasteiger partial charge < -0.3 is 14.2 Å². The highest BCUT2D eigenvalue weighted by Crippen LogP contribution is 2.16. The summed E-state index contributed by atoms with van der Waals surface area (Å²) in [6.45, 7) is 2.98. The van der Waals surface area contributed by atoms with Gasteiger partial charge in [0.25, 0.3) is 5.91 Å². The van der Waals surface area contributed by atoms with Gasteiger partial charge in [-0.1, -0.05) is 6.07 Å². The second-order valence-corrected chi connectivity index (χ2v) is 5.57. The van der Waals surface area contributed by atoms with E-state index < -0.39 is 0 Å². The van der Waals surface area contributed by atoms with E-state index in [0.717, 1.165) is 37.7 Å². The van der Waals surface area contributed by atoms with Crippen LogP contribution >= 0.6 is 0 Å². The Kier molecular flexibility index (Phi) is 3.45. The Morgan fingerprint density at radius 2 is 2.04 bits per heavy atom. The number of pyridine rings is 1. The number of nitrogens with zero attached hydrogens (tertiary/aromatic N) is 5. The Hall–Kier alpha value is -2.83. The first-order valence-electron chi connectivity index (χ1n) is 7.69. The first-order valence-corrected chi connectivity index (χ1v) is 7.69. The zero-order valence-corrected chi connectivity index (χ0v) is 12.6. The molecule has 0 aliphatic carbocycles. The molecule has 3 aromatic heterocycles. The molecular formula is C16H17N5O2. The highest BCUT2D eigenvalue weighted by atomic mass is 16.3. The van der Waals surface area contributed by atoms with Gasteiger partial charge in [-0.2, -0.15) is 0 Å². The van der Waals surface area contributed by atoms with Gasteiger partial charge in [0.05, 0.1) is 11.8 Å². The average molecular weight is 311 g/mol. The summed E-state index contributed by atoms with van der Waals surface area (Å²) in [5.74, 6) is 0.852. The van der Waals surface area contributed by atoms with E-state index in [9.17, 15) is 4.79 Å². The van der Waals surface area contributed by atoms with Crippen LogP contribution < -0.4 is 4.90 Å². The molecule has 1 saturated heterocycles. The molecule has 0 aromatic carbocycles. The third-order valence-corrected chi connectivity index (χ3v) is 4.13. The number of hydrogen-bond acceptors (Lipinski definition) is 5. The largest absolute Gasteiger partial charge is 0.472 e. The molecule has 4 heterocycles. The Morgan fingerprint density at radius 3 is 2.91 bits per heavy atom. The summed E-state index contributed by atoms with van der Waals surface area (Å²) < 4.78 is 6.99. The SMILES string of the molecule is O=C(c1ccoc1)N1CCCN(c2nnc3ccccn23)CC1. The van der Waals surface area contributed by atoms with Crippen molar-refractivity contribution in [2.24, 2.45) is 0 Å². The van der Waals surface area contributed by atoms with E-state index in [1.807, 2.05) is 33.7 Å². The number of fused-ring (bicyclic) bond motifs is 1. The molecule has 0 radical (unpaired) electrons. The van der Waals surface area contributed by atoms with E-state index in [0.29, 0.717) is 12.1 Å². The summed E-state index contributed by atoms with van der Waals surface area (Å²) in [6.07, 6.45) is 5.88. The van der Waals surface area contributed by atoms with Gasteiger partial charge in [-0.15, -0.1) is 10.2 Å². The fourth-order valence-electron chi connectivity index (χ4n) is 2.93. The standard InChI is InChI=1S/C16H17N5O2/c22-15(13-5-11-23-12-13)19-6-3-7-20(10-9-19)16-18-17-14-4-1-2-8-21(14)16/h1-2,4-5,8,11-12H,3,6-7,9-10H2. The number of amides is 1. The molecule has 3 aromatic rings. The van der Waals surface area contributed by atoms with Crippen molar-refractivity contribution < 1.29 is 9.21 Å². The van der Waals surface area contributed by atoms with Gasteiger partial charge in [-0.25, -0.2) is 0 Å². The predicted molar refractivity (Wildman–Crippen MR) is 84.4 cm³/mol. The number of rotatable bonds is 2. The van der Waals surface area contributed by atoms with Crippen molar-refractivity contribution in [2.75, 3.05) is 31.1 Å². The minimum absolute atomic E-state index is 0.0201. The minimum atomic E-state index is 0.0201. The Bertz CT molecular complexity index is 811. The van der Waals surface area contributed by atoms with Gasteiger partial charge in [0.2, 0.25) is 5.95 Å². The van der Waals surface area contributed by atoms with E-state index in [2.05, 4.69) is 15.1 Å². The number of hydrogen-bond donors (Lipinski definition) is 0. The van der Waals surface area contributed by atoms with Crippen LogP contribution in [0.15, 0.2) is 47.4 Å². The molecular weight excluding hydrogens is 294 g/mol. The molecule has 0 bridgehead atoms. The van der Waals surface area contributed by atoms with E-state index in [-0.39, 0.29) is 5.91 Å². The van der Waals surface area contributed by atoms with Crippen molar-refractivity contribution >= 4 is 17.5 Å². The highest BCUT2D eigenvalue weighted by molar-refractivity contribution is 5.93. The van der Waals surface area contributed by atoms with Crippen molar-refractivity contribution in [1.82, 2.24) is 19.5 Å². The van der Waals surface area contributed by atoms with Crippen molar-refractivity contribution in [3.05, 3.63) is 48.6 Å². The lowest BCUT2D eigenvalue weighted by Crippen LogP contribution is -2.35. The summed E-state index contributed by atoms with van der Waals surface area (Å²) in [5, 5.41) is 8.50. The molecule has 118 valence electrons. The molecule has 1 aliphatic heterocycles. The smallest absolute Gasteiger partial charge is 0.257 e. The minimum Gasteiger partial charge on any atom is -0.472 e. The van der Waals surface area contributed by atoms with Gasteiger partial charge in [0.15, 0.2) is 5.65 Å². The number of carbonyl (C=O) groups excluding carboxylic acids is 1. The lowest BCUT2D eigenvalue weighted by atomic mass is 10.3. The van der Waals surface area contributed by atoms with Crippen LogP contribution in [0.4, 0.5) is 5.95 Å². The number of aromatic nitrogens is 3. The fourth-order valence-corrected chi connectivity index (χ4v) is 2.93. The van der Waals surface area contributed by atoms with Crippen LogP contribution in [0.2, 0.25) is 0 Å². The van der Waals surface area contributed by atoms with Gasteiger partial charge in [0.1, 0.15) is 6.26 Å². The molecule has 0 unspecified atom stereocenters. The first-order chi connectivity index (χ1) is 11.3. The maximum absolute atomic E-state index is 12.4. The quantitative estimate of drug-likeness (QED) is 0.720. The number of furan rings is 1. The zero-order valence-electron chi connectivity index (χ0n) is 12.6. The van der Waals surface area contributed by atoms with Crippen LogP contribution in [0.25, 0.3) is 5.65 Å². The zero-order chi connectivity index (χ0) is 15.6. The fraction of sp³-hybridized carbons (Fsp3) is 0.312. The topological polar surface area (TPSA) is 66.9 Å². The van der Waals surface area contributed by atoms with Gasteiger partial charge in [0, 0.05) is 32.4 Å². The van der Waals surface area contributed by atoms with Gasteiger partial charge in [-0.3, -0.25) is 9.20 Å². The summed E-state index contributed by atoms with van der Waals surface area (Å²) in [5.41, 5.74) is 1.43. The third-order valence-electron chi connectivity index (χ3n) is 4.13. The van der Waals surface area contributed by atoms with Crippen LogP contribution in [0.1, 0.15) is 16.8 Å². The van der Waals surface area contributed by atoms with Crippen molar-refractivity contribution in [3.8, 4) is 0 Å². The number of anilines is 1. The van der Waals surface area contributed by atoms with Crippen LogP contribution in [0.5, 0.6) is 0 Å². The number of carbonyl (C=O) groups is 1. The van der Waals surface area contributed by atoms with E-state index in [1.165, 1.54) is 12.5 Å². The van der Waals surface area contributed by atoms with E-state index >= 15 is 0 Å². The summed E-state index contributed by atoms with van der Waals surface area (Å²) in [6, 6.07) is 7.55. The normalized spacial score (nSPS) is 15.8. The van der Waals surface area contributed by atoms with Crippen molar-refractivity contribution in [1.29, 1.82) is 0 Å². The Labute approximate surface area is 133 Å². The summed E-state index contributed by atoms with van der Waals surface area (Å²) >= 11 is 0. The predicted octanol–water partition coefficient (Wildman–Crippen LogP) is 1.67. The third kappa shape index (κ3) is 2.54. The molecule has 4 rings (SSSR count). The molecule has 0 atom stereocenters. The second kappa shape index (κ2) is 5.75. The lowest BCUT2D eigenvalue weighted by molar-refractivity contribution is 0.0766. The monoisotopic (exact) mass is 311 g/mol. The van der Waals surface area contributed by atoms with E-state index in [4.69, 9.17) is 4.42 Å². The average Bonchev–Trinajstić information content (AvgIpc) is 3.20. The van der Waals surface area contributed by atoms with Crippen LogP contribution in [0.3, 0.4) is 0 Å². The van der Waals surface area contributed by atoms with Crippen LogP contribution in [-0.4, -0.2) is 51.6 Å². The van der Waals surface area contributed by atoms with Crippen molar-refractivity contribution in [2.45, 2.75) is 6.42 Å².